The Labute approximate surface area is 135 Å². The second-order valence-electron chi connectivity index (χ2n) is 5.37. The summed E-state index contributed by atoms with van der Waals surface area (Å²) in [5.41, 5.74) is 4.73. The van der Waals surface area contributed by atoms with Gasteiger partial charge in [0.15, 0.2) is 0 Å². The van der Waals surface area contributed by atoms with Crippen molar-refractivity contribution < 1.29 is 9.90 Å². The number of carbonyl (C=O) groups is 1. The van der Waals surface area contributed by atoms with E-state index in [-0.39, 0.29) is 0 Å². The van der Waals surface area contributed by atoms with E-state index < -0.39 is 5.97 Å². The van der Waals surface area contributed by atoms with Crippen LogP contribution in [0.25, 0.3) is 17.1 Å². The van der Waals surface area contributed by atoms with Crippen molar-refractivity contribution in [2.24, 2.45) is 0 Å². The number of benzene rings is 1. The van der Waals surface area contributed by atoms with Gasteiger partial charge >= 0.3 is 5.97 Å². The van der Waals surface area contributed by atoms with Crippen LogP contribution in [0.2, 0.25) is 0 Å². The van der Waals surface area contributed by atoms with Gasteiger partial charge in [0.1, 0.15) is 0 Å². The highest BCUT2D eigenvalue weighted by atomic mass is 16.4. The lowest BCUT2D eigenvalue weighted by molar-refractivity contribution is 0.0696. The van der Waals surface area contributed by atoms with Gasteiger partial charge in [-0.1, -0.05) is 31.2 Å². The number of hydrogen-bond acceptors (Lipinski definition) is 2. The molecular weight excluding hydrogens is 288 g/mol. The van der Waals surface area contributed by atoms with Gasteiger partial charge < -0.3 is 9.67 Å². The van der Waals surface area contributed by atoms with Gasteiger partial charge in [-0.3, -0.25) is 4.98 Å². The maximum absolute atomic E-state index is 11.6. The van der Waals surface area contributed by atoms with Crippen molar-refractivity contribution in [2.45, 2.75) is 20.3 Å². The first kappa shape index (κ1) is 15.0. The Hall–Kier alpha value is -2.88. The molecule has 0 fully saturated rings. The highest BCUT2D eigenvalue weighted by molar-refractivity contribution is 5.91. The molecule has 0 aliphatic carbocycles. The number of aryl methyl sites for hydroxylation is 1. The summed E-state index contributed by atoms with van der Waals surface area (Å²) in [5, 5.41) is 9.49. The number of nitrogens with zero attached hydrogens (tertiary/aromatic N) is 2. The Bertz CT molecular complexity index is 851. The van der Waals surface area contributed by atoms with E-state index in [2.05, 4.69) is 18.0 Å². The fourth-order valence-corrected chi connectivity index (χ4v) is 2.86. The topological polar surface area (TPSA) is 55.1 Å². The maximum Gasteiger partial charge on any atom is 0.337 e. The van der Waals surface area contributed by atoms with E-state index in [4.69, 9.17) is 0 Å². The van der Waals surface area contributed by atoms with Crippen molar-refractivity contribution >= 4 is 5.97 Å². The van der Waals surface area contributed by atoms with Gasteiger partial charge in [0, 0.05) is 17.6 Å². The Balaban J connectivity index is 2.33. The molecule has 0 aliphatic heterocycles. The first-order valence-electron chi connectivity index (χ1n) is 7.58. The normalized spacial score (nSPS) is 10.7. The minimum Gasteiger partial charge on any atom is -0.478 e. The van der Waals surface area contributed by atoms with Gasteiger partial charge in [0.2, 0.25) is 0 Å². The van der Waals surface area contributed by atoms with Gasteiger partial charge in [-0.05, 0) is 43.2 Å². The quantitative estimate of drug-likeness (QED) is 0.789. The third-order valence-corrected chi connectivity index (χ3v) is 4.02. The molecule has 1 aromatic carbocycles. The Morgan fingerprint density at radius 2 is 1.91 bits per heavy atom. The zero-order valence-corrected chi connectivity index (χ0v) is 13.2. The first-order valence-corrected chi connectivity index (χ1v) is 7.58. The van der Waals surface area contributed by atoms with Crippen molar-refractivity contribution in [3.05, 3.63) is 71.5 Å². The summed E-state index contributed by atoms with van der Waals surface area (Å²) < 4.78 is 1.99. The number of aromatic nitrogens is 2. The smallest absolute Gasteiger partial charge is 0.337 e. The van der Waals surface area contributed by atoms with E-state index in [1.54, 1.807) is 12.3 Å². The molecule has 0 unspecified atom stereocenters. The molecule has 0 aliphatic rings. The van der Waals surface area contributed by atoms with Crippen molar-refractivity contribution in [2.75, 3.05) is 0 Å². The zero-order chi connectivity index (χ0) is 16.4. The van der Waals surface area contributed by atoms with Gasteiger partial charge in [-0.2, -0.15) is 0 Å². The van der Waals surface area contributed by atoms with E-state index in [1.807, 2.05) is 47.9 Å². The molecule has 2 heterocycles. The Morgan fingerprint density at radius 1 is 1.17 bits per heavy atom. The van der Waals surface area contributed by atoms with E-state index in [0.29, 0.717) is 11.3 Å². The second kappa shape index (κ2) is 6.08. The van der Waals surface area contributed by atoms with E-state index in [9.17, 15) is 9.90 Å². The van der Waals surface area contributed by atoms with Crippen molar-refractivity contribution in [3.63, 3.8) is 0 Å². The van der Waals surface area contributed by atoms with Crippen LogP contribution in [0.15, 0.2) is 54.7 Å². The largest absolute Gasteiger partial charge is 0.478 e. The fourth-order valence-electron chi connectivity index (χ4n) is 2.86. The molecule has 23 heavy (non-hydrogen) atoms. The molecule has 116 valence electrons. The maximum atomic E-state index is 11.6. The molecule has 0 atom stereocenters. The summed E-state index contributed by atoms with van der Waals surface area (Å²) in [6.07, 6.45) is 2.59. The molecule has 1 N–H and O–H groups in total. The summed E-state index contributed by atoms with van der Waals surface area (Å²) in [6, 6.07) is 15.4. The first-order chi connectivity index (χ1) is 11.1. The molecule has 0 saturated carbocycles. The Morgan fingerprint density at radius 3 is 2.57 bits per heavy atom. The summed E-state index contributed by atoms with van der Waals surface area (Å²) in [4.78, 5) is 16.0. The van der Waals surface area contributed by atoms with Gasteiger partial charge in [-0.15, -0.1) is 0 Å². The molecule has 0 radical (unpaired) electrons. The monoisotopic (exact) mass is 306 g/mol. The highest BCUT2D eigenvalue weighted by Gasteiger charge is 2.20. The number of para-hydroxylation sites is 1. The number of carboxylic acid groups (broad SMARTS) is 1. The van der Waals surface area contributed by atoms with Gasteiger partial charge in [0.05, 0.1) is 17.0 Å². The van der Waals surface area contributed by atoms with Gasteiger partial charge in [0.25, 0.3) is 0 Å². The predicted octanol–water partition coefficient (Wildman–Crippen LogP) is 4.11. The minimum absolute atomic E-state index is 0.302. The number of hydrogen-bond donors (Lipinski definition) is 1. The molecule has 2 aromatic heterocycles. The molecule has 0 spiro atoms. The lowest BCUT2D eigenvalue weighted by Crippen LogP contribution is -2.05. The lowest BCUT2D eigenvalue weighted by Gasteiger charge is -2.15. The number of carboxylic acids is 1. The standard InChI is InChI=1S/C19H18N2O2/c1-3-14-8-4-5-10-17(14)21-13(2)15(19(22)23)12-18(21)16-9-6-7-11-20-16/h4-12H,3H2,1-2H3,(H,22,23). The van der Waals surface area contributed by atoms with Crippen LogP contribution < -0.4 is 0 Å². The van der Waals surface area contributed by atoms with E-state index >= 15 is 0 Å². The average molecular weight is 306 g/mol. The highest BCUT2D eigenvalue weighted by Crippen LogP contribution is 2.30. The van der Waals surface area contributed by atoms with Crippen LogP contribution in [0.5, 0.6) is 0 Å². The van der Waals surface area contributed by atoms with Crippen molar-refractivity contribution in [3.8, 4) is 17.1 Å². The molecule has 3 rings (SSSR count). The molecule has 0 saturated heterocycles. The zero-order valence-electron chi connectivity index (χ0n) is 13.2. The molecule has 0 bridgehead atoms. The number of rotatable bonds is 4. The summed E-state index contributed by atoms with van der Waals surface area (Å²) >= 11 is 0. The SMILES string of the molecule is CCc1ccccc1-n1c(-c2ccccn2)cc(C(=O)O)c1C. The van der Waals surface area contributed by atoms with Crippen molar-refractivity contribution in [1.29, 1.82) is 0 Å². The minimum atomic E-state index is -0.924. The Kier molecular flexibility index (Phi) is 3.98. The molecule has 3 aromatic rings. The average Bonchev–Trinajstić information content (AvgIpc) is 2.93. The number of aromatic carboxylic acids is 1. The second-order valence-corrected chi connectivity index (χ2v) is 5.37. The van der Waals surface area contributed by atoms with Crippen LogP contribution in [0.4, 0.5) is 0 Å². The van der Waals surface area contributed by atoms with Crippen LogP contribution in [0, 0.1) is 6.92 Å². The molecular formula is C19H18N2O2. The third-order valence-electron chi connectivity index (χ3n) is 4.02. The molecule has 0 amide bonds. The summed E-state index contributed by atoms with van der Waals surface area (Å²) in [7, 11) is 0. The van der Waals surface area contributed by atoms with Crippen molar-refractivity contribution in [1.82, 2.24) is 9.55 Å². The van der Waals surface area contributed by atoms with Crippen LogP contribution in [0.1, 0.15) is 28.5 Å². The third kappa shape index (κ3) is 2.63. The fraction of sp³-hybridized carbons (Fsp3) is 0.158. The van der Waals surface area contributed by atoms with E-state index in [1.165, 1.54) is 5.56 Å². The molecule has 4 nitrogen and oxygen atoms in total. The molecule has 4 heteroatoms. The summed E-state index contributed by atoms with van der Waals surface area (Å²) in [5.74, 6) is -0.924. The van der Waals surface area contributed by atoms with Gasteiger partial charge in [-0.25, -0.2) is 4.79 Å². The van der Waals surface area contributed by atoms with Crippen LogP contribution in [0.3, 0.4) is 0 Å². The van der Waals surface area contributed by atoms with Crippen LogP contribution in [-0.4, -0.2) is 20.6 Å². The predicted molar refractivity (Wildman–Crippen MR) is 90.1 cm³/mol. The summed E-state index contributed by atoms with van der Waals surface area (Å²) in [6.45, 7) is 3.93. The number of pyridine rings is 1. The van der Waals surface area contributed by atoms with E-state index in [0.717, 1.165) is 23.5 Å². The van der Waals surface area contributed by atoms with Crippen LogP contribution in [-0.2, 0) is 6.42 Å². The van der Waals surface area contributed by atoms with Crippen LogP contribution >= 0.6 is 0 Å². The lowest BCUT2D eigenvalue weighted by atomic mass is 10.1.